The van der Waals surface area contributed by atoms with Crippen molar-refractivity contribution >= 4 is 28.8 Å². The van der Waals surface area contributed by atoms with E-state index in [9.17, 15) is 0 Å². The highest BCUT2D eigenvalue weighted by molar-refractivity contribution is 7.99. The summed E-state index contributed by atoms with van der Waals surface area (Å²) in [5.41, 5.74) is 2.43. The molecule has 0 fully saturated rings. The van der Waals surface area contributed by atoms with Crippen molar-refractivity contribution in [2.24, 2.45) is 0 Å². The second-order valence-corrected chi connectivity index (χ2v) is 5.74. The molecule has 6 heteroatoms. The Labute approximate surface area is 119 Å². The Morgan fingerprint density at radius 3 is 2.79 bits per heavy atom. The van der Waals surface area contributed by atoms with Crippen LogP contribution in [0.4, 0.5) is 5.69 Å². The van der Waals surface area contributed by atoms with Gasteiger partial charge in [-0.2, -0.15) is 16.4 Å². The lowest BCUT2D eigenvalue weighted by molar-refractivity contribution is 0.973. The van der Waals surface area contributed by atoms with Gasteiger partial charge in [-0.15, -0.1) is 0 Å². The molecule has 0 atom stereocenters. The van der Waals surface area contributed by atoms with Crippen molar-refractivity contribution in [2.45, 2.75) is 16.6 Å². The number of hydrogen-bond acceptors (Lipinski definition) is 5. The van der Waals surface area contributed by atoms with Crippen LogP contribution in [-0.4, -0.2) is 15.2 Å². The summed E-state index contributed by atoms with van der Waals surface area (Å²) in [6, 6.07) is 10.4. The number of rotatable bonds is 5. The SMILES string of the molecule is c1n[nH]c(Sc2ccc(NCc3ccsc3)cc2)n1. The van der Waals surface area contributed by atoms with Gasteiger partial charge in [0, 0.05) is 17.1 Å². The molecule has 0 saturated heterocycles. The van der Waals surface area contributed by atoms with Crippen molar-refractivity contribution in [3.63, 3.8) is 0 Å². The van der Waals surface area contributed by atoms with Crippen LogP contribution in [0.3, 0.4) is 0 Å². The summed E-state index contributed by atoms with van der Waals surface area (Å²) < 4.78 is 0. The first-order chi connectivity index (χ1) is 9.40. The number of hydrogen-bond donors (Lipinski definition) is 2. The van der Waals surface area contributed by atoms with Gasteiger partial charge in [0.2, 0.25) is 0 Å². The average Bonchev–Trinajstić information content (AvgIpc) is 3.11. The molecule has 3 rings (SSSR count). The summed E-state index contributed by atoms with van der Waals surface area (Å²) in [5.74, 6) is 0. The van der Waals surface area contributed by atoms with E-state index < -0.39 is 0 Å². The molecule has 0 aliphatic rings. The predicted octanol–water partition coefficient (Wildman–Crippen LogP) is 3.63. The molecule has 3 aromatic rings. The maximum atomic E-state index is 4.09. The minimum atomic E-state index is 0.805. The van der Waals surface area contributed by atoms with Crippen LogP contribution in [-0.2, 0) is 6.54 Å². The third-order valence-corrected chi connectivity index (χ3v) is 4.17. The molecule has 96 valence electrons. The molecule has 0 aliphatic heterocycles. The van der Waals surface area contributed by atoms with Crippen LogP contribution < -0.4 is 5.32 Å². The number of aromatic amines is 1. The molecule has 2 heterocycles. The van der Waals surface area contributed by atoms with Crippen LogP contribution in [0.1, 0.15) is 5.56 Å². The van der Waals surface area contributed by atoms with E-state index in [4.69, 9.17) is 0 Å². The van der Waals surface area contributed by atoms with Gasteiger partial charge in [-0.05, 0) is 46.7 Å². The molecular formula is C13H12N4S2. The van der Waals surface area contributed by atoms with Crippen molar-refractivity contribution in [1.82, 2.24) is 15.2 Å². The Kier molecular flexibility index (Phi) is 3.81. The second kappa shape index (κ2) is 5.90. The smallest absolute Gasteiger partial charge is 0.188 e. The summed E-state index contributed by atoms with van der Waals surface area (Å²) in [5, 5.41) is 15.1. The molecule has 0 radical (unpaired) electrons. The molecule has 0 saturated carbocycles. The zero-order chi connectivity index (χ0) is 12.9. The van der Waals surface area contributed by atoms with Crippen molar-refractivity contribution < 1.29 is 0 Å². The monoisotopic (exact) mass is 288 g/mol. The van der Waals surface area contributed by atoms with Crippen LogP contribution in [0, 0.1) is 0 Å². The first kappa shape index (κ1) is 12.3. The fourth-order valence-corrected chi connectivity index (χ4v) is 2.96. The molecule has 19 heavy (non-hydrogen) atoms. The molecule has 0 unspecified atom stereocenters. The third-order valence-electron chi connectivity index (χ3n) is 2.54. The largest absolute Gasteiger partial charge is 0.381 e. The number of nitrogens with zero attached hydrogens (tertiary/aromatic N) is 2. The van der Waals surface area contributed by atoms with Gasteiger partial charge in [0.1, 0.15) is 6.33 Å². The summed E-state index contributed by atoms with van der Waals surface area (Å²) in [6.07, 6.45) is 1.51. The van der Waals surface area contributed by atoms with Gasteiger partial charge >= 0.3 is 0 Å². The highest BCUT2D eigenvalue weighted by Gasteiger charge is 2.00. The summed E-state index contributed by atoms with van der Waals surface area (Å²) >= 11 is 3.28. The molecule has 4 nitrogen and oxygen atoms in total. The number of benzene rings is 1. The molecule has 0 amide bonds. The predicted molar refractivity (Wildman–Crippen MR) is 78.6 cm³/mol. The van der Waals surface area contributed by atoms with Crippen molar-refractivity contribution in [3.05, 3.63) is 53.0 Å². The number of nitrogens with one attached hydrogen (secondary N) is 2. The average molecular weight is 288 g/mol. The zero-order valence-corrected chi connectivity index (χ0v) is 11.7. The Morgan fingerprint density at radius 1 is 1.21 bits per heavy atom. The van der Waals surface area contributed by atoms with Crippen LogP contribution >= 0.6 is 23.1 Å². The van der Waals surface area contributed by atoms with Crippen molar-refractivity contribution in [3.8, 4) is 0 Å². The normalized spacial score (nSPS) is 10.5. The second-order valence-electron chi connectivity index (χ2n) is 3.90. The Bertz CT molecular complexity index is 603. The summed E-state index contributed by atoms with van der Waals surface area (Å²) in [6.45, 7) is 0.859. The highest BCUT2D eigenvalue weighted by atomic mass is 32.2. The maximum absolute atomic E-state index is 4.09. The third kappa shape index (κ3) is 3.36. The lowest BCUT2D eigenvalue weighted by atomic mass is 10.3. The molecule has 2 aromatic heterocycles. The molecule has 0 aliphatic carbocycles. The minimum Gasteiger partial charge on any atom is -0.381 e. The van der Waals surface area contributed by atoms with Crippen molar-refractivity contribution in [2.75, 3.05) is 5.32 Å². The van der Waals surface area contributed by atoms with E-state index in [1.54, 1.807) is 23.1 Å². The number of H-pyrrole nitrogens is 1. The van der Waals surface area contributed by atoms with Gasteiger partial charge in [-0.1, -0.05) is 11.8 Å². The lowest BCUT2D eigenvalue weighted by Crippen LogP contribution is -1.97. The summed E-state index contributed by atoms with van der Waals surface area (Å²) in [4.78, 5) is 5.22. The highest BCUT2D eigenvalue weighted by Crippen LogP contribution is 2.25. The molecule has 2 N–H and O–H groups in total. The van der Waals surface area contributed by atoms with Gasteiger partial charge in [0.25, 0.3) is 0 Å². The van der Waals surface area contributed by atoms with Gasteiger partial charge in [-0.3, -0.25) is 5.10 Å². The van der Waals surface area contributed by atoms with E-state index in [-0.39, 0.29) is 0 Å². The van der Waals surface area contributed by atoms with Gasteiger partial charge in [0.15, 0.2) is 5.16 Å². The fourth-order valence-electron chi connectivity index (χ4n) is 1.59. The standard InChI is InChI=1S/C13H12N4S2/c1-3-12(19-13-15-9-16-17-13)4-2-11(1)14-7-10-5-6-18-8-10/h1-6,8-9,14H,7H2,(H,15,16,17). The van der Waals surface area contributed by atoms with Crippen molar-refractivity contribution in [1.29, 1.82) is 0 Å². The van der Waals surface area contributed by atoms with E-state index in [0.717, 1.165) is 22.3 Å². The number of aromatic nitrogens is 3. The van der Waals surface area contributed by atoms with Gasteiger partial charge in [-0.25, -0.2) is 4.98 Å². The van der Waals surface area contributed by atoms with Gasteiger partial charge < -0.3 is 5.32 Å². The Hall–Kier alpha value is -1.79. The Morgan fingerprint density at radius 2 is 2.11 bits per heavy atom. The Balaban J connectivity index is 1.59. The van der Waals surface area contributed by atoms with Crippen LogP contribution in [0.5, 0.6) is 0 Å². The van der Waals surface area contributed by atoms with Crippen LogP contribution in [0.15, 0.2) is 57.5 Å². The van der Waals surface area contributed by atoms with E-state index in [1.807, 2.05) is 0 Å². The molecule has 0 spiro atoms. The fraction of sp³-hybridized carbons (Fsp3) is 0.0769. The number of anilines is 1. The van der Waals surface area contributed by atoms with E-state index in [1.165, 1.54) is 11.9 Å². The first-order valence-corrected chi connectivity index (χ1v) is 7.54. The quantitative estimate of drug-likeness (QED) is 0.753. The maximum Gasteiger partial charge on any atom is 0.188 e. The van der Waals surface area contributed by atoms with E-state index in [2.05, 4.69) is 61.6 Å². The molecular weight excluding hydrogens is 276 g/mol. The molecule has 1 aromatic carbocycles. The van der Waals surface area contributed by atoms with Crippen LogP contribution in [0.2, 0.25) is 0 Å². The minimum absolute atomic E-state index is 0.805. The van der Waals surface area contributed by atoms with E-state index >= 15 is 0 Å². The van der Waals surface area contributed by atoms with Crippen LogP contribution in [0.25, 0.3) is 0 Å². The first-order valence-electron chi connectivity index (χ1n) is 5.78. The topological polar surface area (TPSA) is 53.6 Å². The van der Waals surface area contributed by atoms with E-state index in [0.29, 0.717) is 0 Å². The van der Waals surface area contributed by atoms with Gasteiger partial charge in [0.05, 0.1) is 0 Å². The lowest BCUT2D eigenvalue weighted by Gasteiger charge is -2.05. The summed E-state index contributed by atoms with van der Waals surface area (Å²) in [7, 11) is 0. The number of thiophene rings is 1. The zero-order valence-electron chi connectivity index (χ0n) is 10.0. The molecule has 0 bridgehead atoms.